The number of aryl methyl sites for hydroxylation is 1. The van der Waals surface area contributed by atoms with Crippen LogP contribution in [0, 0.1) is 6.92 Å². The lowest BCUT2D eigenvalue weighted by Crippen LogP contribution is -2.55. The normalized spacial score (nSPS) is 21.0. The standard InChI is InChI=1S/C22H21N3O5/c1-14-7-9-16(10-8-14)20(27)23-25-18(26)13-17(15-5-3-2-4-6-15)19(25)21(28)24-11-12-30-22(24)29/h2-10,17,19H,11-13H2,1H3,(H,23,27)/t17-,19-/m0/s1. The Balaban J connectivity index is 1.65. The number of hydrogen-bond donors (Lipinski definition) is 1. The van der Waals surface area contributed by atoms with Crippen molar-refractivity contribution >= 4 is 23.8 Å². The molecule has 8 nitrogen and oxygen atoms in total. The van der Waals surface area contributed by atoms with Gasteiger partial charge in [-0.1, -0.05) is 48.0 Å². The molecule has 2 aromatic carbocycles. The molecule has 1 N–H and O–H groups in total. The first-order valence-electron chi connectivity index (χ1n) is 9.68. The summed E-state index contributed by atoms with van der Waals surface area (Å²) in [5.74, 6) is -1.96. The van der Waals surface area contributed by atoms with Crippen LogP contribution >= 0.6 is 0 Å². The second-order valence-electron chi connectivity index (χ2n) is 7.34. The van der Waals surface area contributed by atoms with Crippen molar-refractivity contribution in [3.05, 3.63) is 71.3 Å². The van der Waals surface area contributed by atoms with Crippen LogP contribution in [0.1, 0.15) is 33.8 Å². The molecule has 0 unspecified atom stereocenters. The Morgan fingerprint density at radius 2 is 1.73 bits per heavy atom. The number of hydrogen-bond acceptors (Lipinski definition) is 5. The van der Waals surface area contributed by atoms with Gasteiger partial charge in [-0.2, -0.15) is 0 Å². The van der Waals surface area contributed by atoms with Gasteiger partial charge in [0, 0.05) is 17.9 Å². The van der Waals surface area contributed by atoms with E-state index in [1.165, 1.54) is 0 Å². The van der Waals surface area contributed by atoms with Gasteiger partial charge < -0.3 is 4.74 Å². The van der Waals surface area contributed by atoms with Crippen molar-refractivity contribution in [3.8, 4) is 0 Å². The van der Waals surface area contributed by atoms with E-state index < -0.39 is 35.8 Å². The Hall–Kier alpha value is -3.68. The molecule has 4 amide bonds. The number of rotatable bonds is 4. The van der Waals surface area contributed by atoms with Crippen LogP contribution in [0.5, 0.6) is 0 Å². The zero-order chi connectivity index (χ0) is 21.3. The summed E-state index contributed by atoms with van der Waals surface area (Å²) in [7, 11) is 0. The Bertz CT molecular complexity index is 990. The van der Waals surface area contributed by atoms with Crippen LogP contribution in [0.2, 0.25) is 0 Å². The molecule has 2 aromatic rings. The Morgan fingerprint density at radius 1 is 1.03 bits per heavy atom. The molecule has 2 aliphatic heterocycles. The van der Waals surface area contributed by atoms with E-state index in [2.05, 4.69) is 5.43 Å². The minimum Gasteiger partial charge on any atom is -0.447 e. The summed E-state index contributed by atoms with van der Waals surface area (Å²) in [6.07, 6.45) is -0.701. The monoisotopic (exact) mass is 407 g/mol. The van der Waals surface area contributed by atoms with Gasteiger partial charge in [0.25, 0.3) is 11.8 Å². The third-order valence-electron chi connectivity index (χ3n) is 5.37. The maximum atomic E-state index is 13.2. The van der Waals surface area contributed by atoms with E-state index >= 15 is 0 Å². The Labute approximate surface area is 173 Å². The van der Waals surface area contributed by atoms with Crippen LogP contribution in [0.3, 0.4) is 0 Å². The summed E-state index contributed by atoms with van der Waals surface area (Å²) in [5.41, 5.74) is 4.72. The lowest BCUT2D eigenvalue weighted by atomic mass is 9.91. The average molecular weight is 407 g/mol. The highest BCUT2D eigenvalue weighted by molar-refractivity contribution is 6.02. The average Bonchev–Trinajstić information content (AvgIpc) is 3.32. The van der Waals surface area contributed by atoms with Gasteiger partial charge in [-0.15, -0.1) is 0 Å². The minimum absolute atomic E-state index is 0.0392. The van der Waals surface area contributed by atoms with Crippen molar-refractivity contribution < 1.29 is 23.9 Å². The lowest BCUT2D eigenvalue weighted by Gasteiger charge is -2.29. The SMILES string of the molecule is Cc1ccc(C(=O)NN2C(=O)C[C@@H](c3ccccc3)[C@H]2C(=O)N2CCOC2=O)cc1. The van der Waals surface area contributed by atoms with Crippen molar-refractivity contribution in [2.24, 2.45) is 0 Å². The summed E-state index contributed by atoms with van der Waals surface area (Å²) >= 11 is 0. The number of carbonyl (C=O) groups excluding carboxylic acids is 4. The molecule has 154 valence electrons. The van der Waals surface area contributed by atoms with Crippen LogP contribution < -0.4 is 5.43 Å². The van der Waals surface area contributed by atoms with Gasteiger partial charge >= 0.3 is 6.09 Å². The molecule has 0 saturated carbocycles. The zero-order valence-corrected chi connectivity index (χ0v) is 16.4. The van der Waals surface area contributed by atoms with E-state index in [4.69, 9.17) is 4.74 Å². The first-order chi connectivity index (χ1) is 14.5. The van der Waals surface area contributed by atoms with Gasteiger partial charge in [-0.05, 0) is 24.6 Å². The molecule has 2 heterocycles. The van der Waals surface area contributed by atoms with E-state index in [1.807, 2.05) is 37.3 Å². The number of nitrogens with one attached hydrogen (secondary N) is 1. The van der Waals surface area contributed by atoms with Crippen molar-refractivity contribution in [1.29, 1.82) is 0 Å². The highest BCUT2D eigenvalue weighted by Crippen LogP contribution is 2.35. The van der Waals surface area contributed by atoms with Gasteiger partial charge in [0.2, 0.25) is 5.91 Å². The second-order valence-corrected chi connectivity index (χ2v) is 7.34. The predicted octanol–water partition coefficient (Wildman–Crippen LogP) is 2.00. The molecule has 4 rings (SSSR count). The van der Waals surface area contributed by atoms with Crippen molar-refractivity contribution in [1.82, 2.24) is 15.3 Å². The van der Waals surface area contributed by atoms with Crippen LogP contribution in [-0.4, -0.2) is 52.9 Å². The van der Waals surface area contributed by atoms with Crippen LogP contribution in [0.4, 0.5) is 4.79 Å². The fourth-order valence-corrected chi connectivity index (χ4v) is 3.78. The lowest BCUT2D eigenvalue weighted by molar-refractivity contribution is -0.141. The number of benzene rings is 2. The molecule has 2 aliphatic rings. The predicted molar refractivity (Wildman–Crippen MR) is 106 cm³/mol. The van der Waals surface area contributed by atoms with Gasteiger partial charge in [-0.3, -0.25) is 19.8 Å². The van der Waals surface area contributed by atoms with Gasteiger partial charge in [0.1, 0.15) is 12.6 Å². The Morgan fingerprint density at radius 3 is 2.37 bits per heavy atom. The molecule has 2 fully saturated rings. The van der Waals surface area contributed by atoms with Crippen LogP contribution in [0.15, 0.2) is 54.6 Å². The Kier molecular flexibility index (Phi) is 5.22. The first-order valence-corrected chi connectivity index (χ1v) is 9.68. The highest BCUT2D eigenvalue weighted by Gasteiger charge is 2.49. The van der Waals surface area contributed by atoms with Crippen molar-refractivity contribution in [2.45, 2.75) is 25.3 Å². The number of ether oxygens (including phenoxy) is 1. The second kappa shape index (κ2) is 7.98. The summed E-state index contributed by atoms with van der Waals surface area (Å²) in [6, 6.07) is 15.0. The van der Waals surface area contributed by atoms with E-state index in [1.54, 1.807) is 24.3 Å². The summed E-state index contributed by atoms with van der Waals surface area (Å²) in [6.45, 7) is 2.13. The van der Waals surface area contributed by atoms with Crippen LogP contribution in [0.25, 0.3) is 0 Å². The molecule has 0 aromatic heterocycles. The third kappa shape index (κ3) is 3.63. The molecular weight excluding hydrogens is 386 g/mol. The topological polar surface area (TPSA) is 96.0 Å². The number of hydrazine groups is 1. The number of nitrogens with zero attached hydrogens (tertiary/aromatic N) is 2. The molecule has 30 heavy (non-hydrogen) atoms. The van der Waals surface area contributed by atoms with Gasteiger partial charge in [-0.25, -0.2) is 14.7 Å². The summed E-state index contributed by atoms with van der Waals surface area (Å²) in [5, 5.41) is 1.06. The molecule has 8 heteroatoms. The first kappa shape index (κ1) is 19.6. The molecular formula is C22H21N3O5. The smallest absolute Gasteiger partial charge is 0.416 e. The third-order valence-corrected chi connectivity index (χ3v) is 5.37. The molecule has 0 spiro atoms. The van der Waals surface area contributed by atoms with E-state index in [9.17, 15) is 19.2 Å². The maximum Gasteiger partial charge on any atom is 0.416 e. The highest BCUT2D eigenvalue weighted by atomic mass is 16.6. The summed E-state index contributed by atoms with van der Waals surface area (Å²) < 4.78 is 4.89. The number of cyclic esters (lactones) is 1. The van der Waals surface area contributed by atoms with E-state index in [0.29, 0.717) is 5.56 Å². The van der Waals surface area contributed by atoms with Crippen molar-refractivity contribution in [2.75, 3.05) is 13.2 Å². The minimum atomic E-state index is -1.04. The van der Waals surface area contributed by atoms with Gasteiger partial charge in [0.05, 0.1) is 6.54 Å². The number of amides is 4. The zero-order valence-electron chi connectivity index (χ0n) is 16.4. The van der Waals surface area contributed by atoms with E-state index in [-0.39, 0.29) is 19.6 Å². The number of carbonyl (C=O) groups is 4. The largest absolute Gasteiger partial charge is 0.447 e. The quantitative estimate of drug-likeness (QED) is 0.836. The molecule has 0 aliphatic carbocycles. The molecule has 0 radical (unpaired) electrons. The fraction of sp³-hybridized carbons (Fsp3) is 0.273. The number of imide groups is 1. The maximum absolute atomic E-state index is 13.2. The molecule has 0 bridgehead atoms. The summed E-state index contributed by atoms with van der Waals surface area (Å²) in [4.78, 5) is 51.7. The fourth-order valence-electron chi connectivity index (χ4n) is 3.78. The van der Waals surface area contributed by atoms with Crippen LogP contribution in [-0.2, 0) is 14.3 Å². The van der Waals surface area contributed by atoms with Crippen molar-refractivity contribution in [3.63, 3.8) is 0 Å². The van der Waals surface area contributed by atoms with E-state index in [0.717, 1.165) is 21.0 Å². The molecule has 2 saturated heterocycles. The molecule has 2 atom stereocenters. The van der Waals surface area contributed by atoms with Gasteiger partial charge in [0.15, 0.2) is 0 Å².